The van der Waals surface area contributed by atoms with Crippen molar-refractivity contribution >= 4 is 5.97 Å². The second kappa shape index (κ2) is 4.74. The van der Waals surface area contributed by atoms with E-state index in [0.717, 1.165) is 11.1 Å². The summed E-state index contributed by atoms with van der Waals surface area (Å²) in [6.07, 6.45) is 2.95. The van der Waals surface area contributed by atoms with Gasteiger partial charge in [0.2, 0.25) is 0 Å². The summed E-state index contributed by atoms with van der Waals surface area (Å²) in [5.74, 6) is 0.178. The zero-order chi connectivity index (χ0) is 12.3. The van der Waals surface area contributed by atoms with Crippen LogP contribution in [0.25, 0.3) is 11.4 Å². The highest BCUT2D eigenvalue weighted by atomic mass is 16.5. The van der Waals surface area contributed by atoms with E-state index in [-0.39, 0.29) is 0 Å². The topological polar surface area (TPSA) is 52.1 Å². The van der Waals surface area contributed by atoms with Gasteiger partial charge in [0.25, 0.3) is 0 Å². The number of carbonyl (C=O) groups excluding carboxylic acids is 1. The van der Waals surface area contributed by atoms with E-state index in [1.165, 1.54) is 19.5 Å². The molecule has 0 radical (unpaired) electrons. The Morgan fingerprint density at radius 2 is 1.82 bits per heavy atom. The van der Waals surface area contributed by atoms with Crippen LogP contribution in [0.15, 0.2) is 36.7 Å². The lowest BCUT2D eigenvalue weighted by Crippen LogP contribution is -2.03. The van der Waals surface area contributed by atoms with Crippen LogP contribution in [0.4, 0.5) is 0 Å². The Kier molecular flexibility index (Phi) is 3.14. The number of hydrogen-bond donors (Lipinski definition) is 0. The van der Waals surface area contributed by atoms with E-state index < -0.39 is 5.97 Å². The van der Waals surface area contributed by atoms with Crippen molar-refractivity contribution in [3.05, 3.63) is 47.8 Å². The molecule has 0 spiro atoms. The van der Waals surface area contributed by atoms with Crippen molar-refractivity contribution in [2.45, 2.75) is 6.92 Å². The predicted octanol–water partition coefficient (Wildman–Crippen LogP) is 2.24. The fourth-order valence-electron chi connectivity index (χ4n) is 1.51. The second-order valence-corrected chi connectivity index (χ2v) is 3.60. The van der Waals surface area contributed by atoms with Gasteiger partial charge >= 0.3 is 5.97 Å². The fraction of sp³-hybridized carbons (Fsp3) is 0.154. The van der Waals surface area contributed by atoms with Crippen molar-refractivity contribution < 1.29 is 9.53 Å². The monoisotopic (exact) mass is 228 g/mol. The smallest absolute Gasteiger partial charge is 0.341 e. The Morgan fingerprint density at radius 3 is 2.41 bits per heavy atom. The third-order valence-corrected chi connectivity index (χ3v) is 2.46. The highest BCUT2D eigenvalue weighted by Crippen LogP contribution is 2.18. The van der Waals surface area contributed by atoms with Crippen LogP contribution in [-0.2, 0) is 4.74 Å². The van der Waals surface area contributed by atoms with Crippen LogP contribution in [0, 0.1) is 6.92 Å². The summed E-state index contributed by atoms with van der Waals surface area (Å²) in [6, 6.07) is 7.83. The molecule has 4 nitrogen and oxygen atoms in total. The number of benzene rings is 1. The molecule has 0 aliphatic rings. The largest absolute Gasteiger partial charge is 0.465 e. The summed E-state index contributed by atoms with van der Waals surface area (Å²) < 4.78 is 4.59. The van der Waals surface area contributed by atoms with Crippen molar-refractivity contribution in [3.63, 3.8) is 0 Å². The predicted molar refractivity (Wildman–Crippen MR) is 63.5 cm³/mol. The van der Waals surface area contributed by atoms with Crippen LogP contribution in [0.5, 0.6) is 0 Å². The minimum Gasteiger partial charge on any atom is -0.465 e. The van der Waals surface area contributed by atoms with Gasteiger partial charge in [0, 0.05) is 18.0 Å². The molecule has 4 heteroatoms. The molecular formula is C13H12N2O2. The molecule has 0 aliphatic carbocycles. The molecular weight excluding hydrogens is 216 g/mol. The van der Waals surface area contributed by atoms with E-state index in [0.29, 0.717) is 11.4 Å². The molecule has 1 aromatic carbocycles. The fourth-order valence-corrected chi connectivity index (χ4v) is 1.51. The Morgan fingerprint density at radius 1 is 1.18 bits per heavy atom. The van der Waals surface area contributed by atoms with Gasteiger partial charge in [0.1, 0.15) is 0 Å². The number of hydrogen-bond acceptors (Lipinski definition) is 4. The molecule has 2 aromatic rings. The first-order valence-electron chi connectivity index (χ1n) is 5.18. The van der Waals surface area contributed by atoms with Gasteiger partial charge in [-0.2, -0.15) is 0 Å². The standard InChI is InChI=1S/C13H12N2O2/c1-9-5-3-4-6-11(9)12-14-7-10(8-15-12)13(16)17-2/h3-8H,1-2H3. The molecule has 0 fully saturated rings. The summed E-state index contributed by atoms with van der Waals surface area (Å²) in [7, 11) is 1.33. The van der Waals surface area contributed by atoms with Crippen molar-refractivity contribution in [1.82, 2.24) is 9.97 Å². The number of aromatic nitrogens is 2. The maximum Gasteiger partial charge on any atom is 0.341 e. The third kappa shape index (κ3) is 2.30. The average Bonchev–Trinajstić information content (AvgIpc) is 2.39. The zero-order valence-electron chi connectivity index (χ0n) is 9.68. The van der Waals surface area contributed by atoms with Gasteiger partial charge in [-0.05, 0) is 12.5 Å². The molecule has 0 bridgehead atoms. The molecule has 0 saturated carbocycles. The normalized spacial score (nSPS) is 10.0. The van der Waals surface area contributed by atoms with Crippen LogP contribution < -0.4 is 0 Å². The highest BCUT2D eigenvalue weighted by molar-refractivity contribution is 5.88. The molecule has 0 N–H and O–H groups in total. The number of nitrogens with zero attached hydrogens (tertiary/aromatic N) is 2. The van der Waals surface area contributed by atoms with Crippen molar-refractivity contribution in [2.24, 2.45) is 0 Å². The van der Waals surface area contributed by atoms with Gasteiger partial charge in [0.15, 0.2) is 5.82 Å². The number of esters is 1. The van der Waals surface area contributed by atoms with Gasteiger partial charge in [-0.25, -0.2) is 14.8 Å². The third-order valence-electron chi connectivity index (χ3n) is 2.46. The Balaban J connectivity index is 2.36. The first-order valence-corrected chi connectivity index (χ1v) is 5.18. The summed E-state index contributed by atoms with van der Waals surface area (Å²) in [6.45, 7) is 1.99. The van der Waals surface area contributed by atoms with Gasteiger partial charge in [-0.1, -0.05) is 24.3 Å². The second-order valence-electron chi connectivity index (χ2n) is 3.60. The van der Waals surface area contributed by atoms with E-state index >= 15 is 0 Å². The van der Waals surface area contributed by atoms with E-state index in [1.54, 1.807) is 0 Å². The zero-order valence-corrected chi connectivity index (χ0v) is 9.68. The Hall–Kier alpha value is -2.23. The summed E-state index contributed by atoms with van der Waals surface area (Å²) >= 11 is 0. The van der Waals surface area contributed by atoms with Gasteiger partial charge < -0.3 is 4.74 Å². The van der Waals surface area contributed by atoms with Gasteiger partial charge in [-0.3, -0.25) is 0 Å². The summed E-state index contributed by atoms with van der Waals surface area (Å²) in [5.41, 5.74) is 2.41. The van der Waals surface area contributed by atoms with Crippen LogP contribution in [0.3, 0.4) is 0 Å². The number of aryl methyl sites for hydroxylation is 1. The highest BCUT2D eigenvalue weighted by Gasteiger charge is 2.08. The van der Waals surface area contributed by atoms with E-state index in [1.807, 2.05) is 31.2 Å². The van der Waals surface area contributed by atoms with E-state index in [9.17, 15) is 4.79 Å². The molecule has 0 aliphatic heterocycles. The minimum atomic E-state index is -0.429. The molecule has 1 aromatic heterocycles. The lowest BCUT2D eigenvalue weighted by Gasteiger charge is -2.04. The molecule has 17 heavy (non-hydrogen) atoms. The molecule has 0 atom stereocenters. The molecule has 86 valence electrons. The van der Waals surface area contributed by atoms with Crippen molar-refractivity contribution in [1.29, 1.82) is 0 Å². The molecule has 2 rings (SSSR count). The number of methoxy groups -OCH3 is 1. The average molecular weight is 228 g/mol. The molecule has 0 unspecified atom stereocenters. The number of rotatable bonds is 2. The lowest BCUT2D eigenvalue weighted by molar-refractivity contribution is 0.0600. The summed E-state index contributed by atoms with van der Waals surface area (Å²) in [4.78, 5) is 19.6. The first-order chi connectivity index (χ1) is 8.22. The molecule has 0 saturated heterocycles. The summed E-state index contributed by atoms with van der Waals surface area (Å²) in [5, 5.41) is 0. The molecule has 0 amide bonds. The van der Waals surface area contributed by atoms with Gasteiger partial charge in [0.05, 0.1) is 12.7 Å². The minimum absolute atomic E-state index is 0.352. The number of ether oxygens (including phenoxy) is 1. The molecule has 1 heterocycles. The van der Waals surface area contributed by atoms with Crippen LogP contribution >= 0.6 is 0 Å². The van der Waals surface area contributed by atoms with E-state index in [2.05, 4.69) is 14.7 Å². The Labute approximate surface area is 99.3 Å². The van der Waals surface area contributed by atoms with Crippen LogP contribution in [0.2, 0.25) is 0 Å². The SMILES string of the molecule is COC(=O)c1cnc(-c2ccccc2C)nc1. The lowest BCUT2D eigenvalue weighted by atomic mass is 10.1. The van der Waals surface area contributed by atoms with E-state index in [4.69, 9.17) is 0 Å². The van der Waals surface area contributed by atoms with Crippen molar-refractivity contribution in [3.8, 4) is 11.4 Å². The van der Waals surface area contributed by atoms with Crippen LogP contribution in [-0.4, -0.2) is 23.0 Å². The van der Waals surface area contributed by atoms with Crippen molar-refractivity contribution in [2.75, 3.05) is 7.11 Å². The Bertz CT molecular complexity index is 535. The maximum atomic E-state index is 11.2. The number of carbonyl (C=O) groups is 1. The van der Waals surface area contributed by atoms with Crippen LogP contribution in [0.1, 0.15) is 15.9 Å². The quantitative estimate of drug-likeness (QED) is 0.740. The first kappa shape index (κ1) is 11.3. The van der Waals surface area contributed by atoms with Gasteiger partial charge in [-0.15, -0.1) is 0 Å². The maximum absolute atomic E-state index is 11.2.